The number of ether oxygens (including phenoxy) is 2. The van der Waals surface area contributed by atoms with Gasteiger partial charge in [-0.25, -0.2) is 9.18 Å². The maximum atomic E-state index is 14.1. The van der Waals surface area contributed by atoms with Crippen LogP contribution in [0.2, 0.25) is 0 Å². The third-order valence-corrected chi connectivity index (χ3v) is 3.98. The summed E-state index contributed by atoms with van der Waals surface area (Å²) in [6.45, 7) is 1.15. The molecule has 3 N–H and O–H groups in total. The second-order valence-electron chi connectivity index (χ2n) is 5.68. The first-order valence-electron chi connectivity index (χ1n) is 7.38. The van der Waals surface area contributed by atoms with Gasteiger partial charge in [-0.1, -0.05) is 0 Å². The number of rotatable bonds is 3. The first kappa shape index (κ1) is 16.8. The Hall–Kier alpha value is -2.00. The van der Waals surface area contributed by atoms with Crippen LogP contribution in [0.15, 0.2) is 33.5 Å². The second-order valence-corrected chi connectivity index (χ2v) is 5.68. The van der Waals surface area contributed by atoms with Gasteiger partial charge in [-0.05, 0) is 24.6 Å². The lowest BCUT2D eigenvalue weighted by Crippen LogP contribution is -2.58. The predicted molar refractivity (Wildman–Crippen MR) is 80.5 cm³/mol. The first-order chi connectivity index (χ1) is 11.4. The van der Waals surface area contributed by atoms with Crippen LogP contribution in [0.4, 0.5) is 4.39 Å². The molecule has 1 saturated heterocycles. The summed E-state index contributed by atoms with van der Waals surface area (Å²) >= 11 is 0. The predicted octanol–water partition coefficient (Wildman–Crippen LogP) is 0.257. The zero-order valence-electron chi connectivity index (χ0n) is 12.8. The van der Waals surface area contributed by atoms with Crippen molar-refractivity contribution in [3.63, 3.8) is 0 Å². The van der Waals surface area contributed by atoms with E-state index >= 15 is 0 Å². The third-order valence-electron chi connectivity index (χ3n) is 3.98. The van der Waals surface area contributed by atoms with Crippen molar-refractivity contribution >= 4 is 11.0 Å². The number of aliphatic hydroxyl groups excluding tert-OH is 3. The average molecular weight is 340 g/mol. The quantitative estimate of drug-likeness (QED) is 0.688. The largest absolute Gasteiger partial charge is 0.461 e. The van der Waals surface area contributed by atoms with E-state index < -0.39 is 43.0 Å². The summed E-state index contributed by atoms with van der Waals surface area (Å²) in [5, 5.41) is 29.1. The van der Waals surface area contributed by atoms with Gasteiger partial charge in [0.15, 0.2) is 6.17 Å². The molecule has 1 aromatic carbocycles. The number of halogens is 1. The molecule has 7 nitrogen and oxygen atoms in total. The van der Waals surface area contributed by atoms with E-state index in [0.29, 0.717) is 5.39 Å². The molecule has 0 aliphatic carbocycles. The Morgan fingerprint density at radius 2 is 2.00 bits per heavy atom. The fourth-order valence-corrected chi connectivity index (χ4v) is 2.65. The Labute approximate surface area is 135 Å². The Morgan fingerprint density at radius 3 is 2.71 bits per heavy atom. The van der Waals surface area contributed by atoms with Gasteiger partial charge in [0, 0.05) is 17.5 Å². The molecule has 1 aromatic heterocycles. The number of aliphatic hydroxyl groups is 3. The van der Waals surface area contributed by atoms with Crippen LogP contribution >= 0.6 is 0 Å². The van der Waals surface area contributed by atoms with Crippen LogP contribution < -0.4 is 10.4 Å². The number of fused-ring (bicyclic) bond motifs is 1. The van der Waals surface area contributed by atoms with Crippen LogP contribution in [0.3, 0.4) is 0 Å². The summed E-state index contributed by atoms with van der Waals surface area (Å²) in [6.07, 6.45) is -8.00. The Morgan fingerprint density at radius 1 is 1.25 bits per heavy atom. The highest BCUT2D eigenvalue weighted by atomic mass is 19.1. The van der Waals surface area contributed by atoms with Gasteiger partial charge in [0.1, 0.15) is 29.6 Å². The number of hydrogen-bond acceptors (Lipinski definition) is 7. The zero-order chi connectivity index (χ0) is 17.4. The fourth-order valence-electron chi connectivity index (χ4n) is 2.65. The van der Waals surface area contributed by atoms with Crippen molar-refractivity contribution in [3.05, 3.63) is 40.2 Å². The molecule has 0 saturated carbocycles. The van der Waals surface area contributed by atoms with E-state index in [9.17, 15) is 19.4 Å². The van der Waals surface area contributed by atoms with Gasteiger partial charge >= 0.3 is 5.63 Å². The van der Waals surface area contributed by atoms with Crippen molar-refractivity contribution in [2.24, 2.45) is 0 Å². The van der Waals surface area contributed by atoms with E-state index in [1.807, 2.05) is 0 Å². The summed E-state index contributed by atoms with van der Waals surface area (Å²) in [6, 6.07) is 5.95. The Balaban J connectivity index is 1.87. The van der Waals surface area contributed by atoms with Crippen molar-refractivity contribution in [1.29, 1.82) is 0 Å². The van der Waals surface area contributed by atoms with Gasteiger partial charge in [0.05, 0.1) is 6.61 Å². The highest BCUT2D eigenvalue weighted by Gasteiger charge is 2.46. The number of hydrogen-bond donors (Lipinski definition) is 3. The molecule has 2 heterocycles. The molecule has 1 aliphatic rings. The molecule has 5 atom stereocenters. The van der Waals surface area contributed by atoms with E-state index in [1.165, 1.54) is 18.2 Å². The van der Waals surface area contributed by atoms with Gasteiger partial charge in [0.25, 0.3) is 0 Å². The van der Waals surface area contributed by atoms with E-state index in [2.05, 4.69) is 0 Å². The van der Waals surface area contributed by atoms with Gasteiger partial charge < -0.3 is 29.2 Å². The van der Waals surface area contributed by atoms with Crippen molar-refractivity contribution < 1.29 is 33.6 Å². The molecule has 3 rings (SSSR count). The van der Waals surface area contributed by atoms with Gasteiger partial charge in [-0.3, -0.25) is 0 Å². The highest BCUT2D eigenvalue weighted by molar-refractivity contribution is 5.81. The highest BCUT2D eigenvalue weighted by Crippen LogP contribution is 2.28. The van der Waals surface area contributed by atoms with Gasteiger partial charge in [-0.2, -0.15) is 0 Å². The monoisotopic (exact) mass is 340 g/mol. The van der Waals surface area contributed by atoms with E-state index in [-0.39, 0.29) is 11.3 Å². The minimum absolute atomic E-state index is 0.157. The van der Waals surface area contributed by atoms with Crippen molar-refractivity contribution in [3.8, 4) is 5.75 Å². The number of aryl methyl sites for hydroxylation is 1. The molecule has 24 heavy (non-hydrogen) atoms. The van der Waals surface area contributed by atoms with Crippen molar-refractivity contribution in [2.45, 2.75) is 37.7 Å². The molecule has 1 aliphatic heterocycles. The average Bonchev–Trinajstić information content (AvgIpc) is 2.55. The summed E-state index contributed by atoms with van der Waals surface area (Å²) in [7, 11) is 0. The summed E-state index contributed by atoms with van der Waals surface area (Å²) < 4.78 is 29.7. The number of alkyl halides is 1. The summed E-state index contributed by atoms with van der Waals surface area (Å²) in [4.78, 5) is 11.4. The molecule has 5 unspecified atom stereocenters. The lowest BCUT2D eigenvalue weighted by Gasteiger charge is -2.38. The van der Waals surface area contributed by atoms with Crippen LogP contribution in [-0.2, 0) is 4.74 Å². The smallest absolute Gasteiger partial charge is 0.336 e. The zero-order valence-corrected chi connectivity index (χ0v) is 12.8. The molecule has 2 aromatic rings. The van der Waals surface area contributed by atoms with E-state index in [0.717, 1.165) is 5.56 Å². The molecule has 130 valence electrons. The Kier molecular flexibility index (Phi) is 4.55. The van der Waals surface area contributed by atoms with E-state index in [4.69, 9.17) is 19.0 Å². The van der Waals surface area contributed by atoms with Crippen LogP contribution in [-0.4, -0.2) is 52.7 Å². The molecule has 0 bridgehead atoms. The van der Waals surface area contributed by atoms with Crippen LogP contribution in [0.1, 0.15) is 5.56 Å². The lowest BCUT2D eigenvalue weighted by molar-refractivity contribution is -0.261. The molecule has 0 radical (unpaired) electrons. The van der Waals surface area contributed by atoms with Crippen molar-refractivity contribution in [2.75, 3.05) is 6.61 Å². The standard InChI is InChI=1S/C16H17FO7/c1-7-4-12(19)23-10-5-8(2-3-9(7)10)22-16-13(17)15(21)14(20)11(6-18)24-16/h2-5,11,13-16,18,20-21H,6H2,1H3. The molecule has 0 spiro atoms. The van der Waals surface area contributed by atoms with Crippen molar-refractivity contribution in [1.82, 2.24) is 0 Å². The van der Waals surface area contributed by atoms with Gasteiger partial charge in [0.2, 0.25) is 6.29 Å². The van der Waals surface area contributed by atoms with Crippen LogP contribution in [0.5, 0.6) is 5.75 Å². The topological polar surface area (TPSA) is 109 Å². The third kappa shape index (κ3) is 3.01. The Bertz CT molecular complexity index is 788. The first-order valence-corrected chi connectivity index (χ1v) is 7.38. The van der Waals surface area contributed by atoms with Crippen LogP contribution in [0.25, 0.3) is 11.0 Å². The molecular formula is C16H17FO7. The SMILES string of the molecule is Cc1cc(=O)oc2cc(OC3OC(CO)C(O)C(O)C3F)ccc12. The lowest BCUT2D eigenvalue weighted by atomic mass is 10.0. The number of benzene rings is 1. The van der Waals surface area contributed by atoms with Gasteiger partial charge in [-0.15, -0.1) is 0 Å². The fraction of sp³-hybridized carbons (Fsp3) is 0.438. The maximum absolute atomic E-state index is 14.1. The summed E-state index contributed by atoms with van der Waals surface area (Å²) in [5.74, 6) is 0.157. The molecule has 0 amide bonds. The maximum Gasteiger partial charge on any atom is 0.336 e. The summed E-state index contributed by atoms with van der Waals surface area (Å²) in [5.41, 5.74) is 0.473. The normalized spacial score (nSPS) is 30.5. The molecular weight excluding hydrogens is 323 g/mol. The van der Waals surface area contributed by atoms with E-state index in [1.54, 1.807) is 13.0 Å². The van der Waals surface area contributed by atoms with Crippen LogP contribution in [0, 0.1) is 6.92 Å². The second kappa shape index (κ2) is 6.48. The minimum atomic E-state index is -2.01. The molecule has 8 heteroatoms. The molecule has 1 fully saturated rings. The minimum Gasteiger partial charge on any atom is -0.461 e.